The highest BCUT2D eigenvalue weighted by atomic mass is 32.2. The fraction of sp³-hybridized carbons (Fsp3) is 1.00. The molecule has 0 bridgehead atoms. The van der Waals surface area contributed by atoms with E-state index in [4.69, 9.17) is 0 Å². The number of sulfone groups is 1. The van der Waals surface area contributed by atoms with Gasteiger partial charge in [-0.1, -0.05) is 0 Å². The summed E-state index contributed by atoms with van der Waals surface area (Å²) in [5.74, 6) is 0.0718. The van der Waals surface area contributed by atoms with Gasteiger partial charge >= 0.3 is 0 Å². The van der Waals surface area contributed by atoms with Crippen molar-refractivity contribution in [1.82, 2.24) is 0 Å². The van der Waals surface area contributed by atoms with Crippen LogP contribution in [0.25, 0.3) is 0 Å². The van der Waals surface area contributed by atoms with Gasteiger partial charge in [-0.25, -0.2) is 12.8 Å². The molecule has 0 spiro atoms. The second-order valence-corrected chi connectivity index (χ2v) is 4.63. The smallest absolute Gasteiger partial charge is 0.150 e. The molecule has 0 saturated carbocycles. The lowest BCUT2D eigenvalue weighted by atomic mass is 10.2. The van der Waals surface area contributed by atoms with Gasteiger partial charge in [0, 0.05) is 0 Å². The number of hydrogen-bond donors (Lipinski definition) is 0. The third kappa shape index (κ3) is 1.93. The standard InChI is InChI=1S/C5H9FO2S/c6-5-1-3-9(7,8)4-2-5/h5H,1-4H2. The van der Waals surface area contributed by atoms with Crippen molar-refractivity contribution in [1.29, 1.82) is 0 Å². The van der Waals surface area contributed by atoms with Crippen molar-refractivity contribution in [2.24, 2.45) is 0 Å². The quantitative estimate of drug-likeness (QED) is 0.507. The van der Waals surface area contributed by atoms with E-state index in [2.05, 4.69) is 0 Å². The summed E-state index contributed by atoms with van der Waals surface area (Å²) in [7, 11) is -2.86. The van der Waals surface area contributed by atoms with Crippen LogP contribution in [-0.4, -0.2) is 26.1 Å². The van der Waals surface area contributed by atoms with Crippen molar-refractivity contribution >= 4 is 9.84 Å². The van der Waals surface area contributed by atoms with Crippen molar-refractivity contribution in [3.05, 3.63) is 0 Å². The van der Waals surface area contributed by atoms with Crippen LogP contribution in [0.2, 0.25) is 0 Å². The van der Waals surface area contributed by atoms with Crippen LogP contribution in [0.15, 0.2) is 0 Å². The second kappa shape index (κ2) is 2.25. The zero-order valence-corrected chi connectivity index (χ0v) is 5.82. The first-order valence-electron chi connectivity index (χ1n) is 2.95. The average Bonchev–Trinajstić information content (AvgIpc) is 1.78. The molecular weight excluding hydrogens is 143 g/mol. The Bertz CT molecular complexity index is 171. The lowest BCUT2D eigenvalue weighted by Crippen LogP contribution is -2.23. The molecule has 0 aromatic rings. The molecule has 0 radical (unpaired) electrons. The molecule has 0 unspecified atom stereocenters. The highest BCUT2D eigenvalue weighted by Gasteiger charge is 2.22. The van der Waals surface area contributed by atoms with Gasteiger partial charge in [0.15, 0.2) is 9.84 Å². The summed E-state index contributed by atoms with van der Waals surface area (Å²) >= 11 is 0. The predicted octanol–water partition coefficient (Wildman–Crippen LogP) is 0.533. The summed E-state index contributed by atoms with van der Waals surface area (Å²) < 4.78 is 33.5. The molecule has 0 N–H and O–H groups in total. The van der Waals surface area contributed by atoms with Crippen LogP contribution in [-0.2, 0) is 9.84 Å². The van der Waals surface area contributed by atoms with Gasteiger partial charge in [-0.2, -0.15) is 0 Å². The monoisotopic (exact) mass is 152 g/mol. The summed E-state index contributed by atoms with van der Waals surface area (Å²) in [5.41, 5.74) is 0. The maximum Gasteiger partial charge on any atom is 0.150 e. The molecule has 0 amide bonds. The van der Waals surface area contributed by atoms with Gasteiger partial charge in [0.2, 0.25) is 0 Å². The fourth-order valence-corrected chi connectivity index (χ4v) is 2.30. The van der Waals surface area contributed by atoms with Crippen LogP contribution in [0, 0.1) is 0 Å². The summed E-state index contributed by atoms with van der Waals surface area (Å²) in [6.45, 7) is 0. The van der Waals surface area contributed by atoms with Crippen LogP contribution in [0.1, 0.15) is 12.8 Å². The van der Waals surface area contributed by atoms with Gasteiger partial charge in [-0.15, -0.1) is 0 Å². The molecule has 0 aliphatic carbocycles. The molecule has 1 aliphatic heterocycles. The number of rotatable bonds is 0. The van der Waals surface area contributed by atoms with E-state index >= 15 is 0 Å². The maximum atomic E-state index is 12.3. The molecule has 1 aliphatic rings. The zero-order chi connectivity index (χ0) is 6.91. The summed E-state index contributed by atoms with van der Waals surface area (Å²) in [5, 5.41) is 0. The number of halogens is 1. The molecule has 54 valence electrons. The van der Waals surface area contributed by atoms with Crippen molar-refractivity contribution in [3.8, 4) is 0 Å². The van der Waals surface area contributed by atoms with Crippen LogP contribution < -0.4 is 0 Å². The van der Waals surface area contributed by atoms with E-state index in [1.807, 2.05) is 0 Å². The van der Waals surface area contributed by atoms with Gasteiger partial charge in [0.05, 0.1) is 11.5 Å². The van der Waals surface area contributed by atoms with E-state index < -0.39 is 16.0 Å². The SMILES string of the molecule is O=S1(=O)CCC(F)CC1. The average molecular weight is 152 g/mol. The Morgan fingerprint density at radius 2 is 1.67 bits per heavy atom. The minimum atomic E-state index is -2.86. The molecular formula is C5H9FO2S. The largest absolute Gasteiger partial charge is 0.247 e. The molecule has 0 aromatic carbocycles. The van der Waals surface area contributed by atoms with E-state index in [-0.39, 0.29) is 24.3 Å². The Balaban J connectivity index is 2.55. The van der Waals surface area contributed by atoms with Crippen LogP contribution in [0.5, 0.6) is 0 Å². The minimum absolute atomic E-state index is 0.0359. The Hall–Kier alpha value is -0.120. The van der Waals surface area contributed by atoms with Crippen molar-refractivity contribution in [3.63, 3.8) is 0 Å². The minimum Gasteiger partial charge on any atom is -0.247 e. The first-order chi connectivity index (χ1) is 4.10. The first kappa shape index (κ1) is 6.99. The molecule has 2 nitrogen and oxygen atoms in total. The van der Waals surface area contributed by atoms with Crippen LogP contribution >= 0.6 is 0 Å². The molecule has 0 aromatic heterocycles. The summed E-state index contributed by atoms with van der Waals surface area (Å²) in [4.78, 5) is 0. The third-order valence-corrected chi connectivity index (χ3v) is 3.20. The van der Waals surface area contributed by atoms with Crippen molar-refractivity contribution in [2.45, 2.75) is 19.0 Å². The topological polar surface area (TPSA) is 34.1 Å². The second-order valence-electron chi connectivity index (χ2n) is 2.33. The molecule has 1 rings (SSSR count). The van der Waals surface area contributed by atoms with E-state index in [1.165, 1.54) is 0 Å². The van der Waals surface area contributed by atoms with E-state index in [0.29, 0.717) is 0 Å². The van der Waals surface area contributed by atoms with E-state index in [9.17, 15) is 12.8 Å². The van der Waals surface area contributed by atoms with Crippen LogP contribution in [0.4, 0.5) is 4.39 Å². The number of alkyl halides is 1. The van der Waals surface area contributed by atoms with Gasteiger partial charge in [0.1, 0.15) is 6.17 Å². The lowest BCUT2D eigenvalue weighted by Gasteiger charge is -2.13. The molecule has 1 saturated heterocycles. The molecule has 9 heavy (non-hydrogen) atoms. The molecule has 1 heterocycles. The van der Waals surface area contributed by atoms with E-state index in [1.54, 1.807) is 0 Å². The number of hydrogen-bond acceptors (Lipinski definition) is 2. The van der Waals surface area contributed by atoms with Gasteiger partial charge in [-0.3, -0.25) is 0 Å². The van der Waals surface area contributed by atoms with Gasteiger partial charge < -0.3 is 0 Å². The highest BCUT2D eigenvalue weighted by molar-refractivity contribution is 7.91. The van der Waals surface area contributed by atoms with Gasteiger partial charge in [-0.05, 0) is 12.8 Å². The van der Waals surface area contributed by atoms with Crippen molar-refractivity contribution in [2.75, 3.05) is 11.5 Å². The van der Waals surface area contributed by atoms with Crippen molar-refractivity contribution < 1.29 is 12.8 Å². The first-order valence-corrected chi connectivity index (χ1v) is 4.77. The Morgan fingerprint density at radius 1 is 1.22 bits per heavy atom. The van der Waals surface area contributed by atoms with Crippen LogP contribution in [0.3, 0.4) is 0 Å². The normalized spacial score (nSPS) is 28.1. The summed E-state index contributed by atoms with van der Waals surface area (Å²) in [6.07, 6.45) is -0.487. The third-order valence-electron chi connectivity index (χ3n) is 1.48. The fourth-order valence-electron chi connectivity index (χ4n) is 0.861. The molecule has 0 atom stereocenters. The Labute approximate surface area is 54.0 Å². The summed E-state index contributed by atoms with van der Waals surface area (Å²) in [6, 6.07) is 0. The molecule has 1 fully saturated rings. The highest BCUT2D eigenvalue weighted by Crippen LogP contribution is 2.14. The Kier molecular flexibility index (Phi) is 1.75. The van der Waals surface area contributed by atoms with E-state index in [0.717, 1.165) is 0 Å². The predicted molar refractivity (Wildman–Crippen MR) is 32.8 cm³/mol. The Morgan fingerprint density at radius 3 is 2.00 bits per heavy atom. The lowest BCUT2D eigenvalue weighted by molar-refractivity contribution is 0.309. The van der Waals surface area contributed by atoms with Gasteiger partial charge in [0.25, 0.3) is 0 Å². The molecule has 4 heteroatoms. The maximum absolute atomic E-state index is 12.3. The zero-order valence-electron chi connectivity index (χ0n) is 5.01.